The molecule has 1 fully saturated rings. The standard InChI is InChI=1S/C6H6S.C5H9NO2.ClH/c7-6-4-2-1-3-5-6;7-5(8)4-2-1-3-6-4;/h1-5,7H;4,6H,1-3H2,(H,7,8);1H/t;4-;/m.0./s1. The first-order valence-corrected chi connectivity index (χ1v) is 5.35. The first-order chi connectivity index (χ1) is 7.20. The Hall–Kier alpha value is -0.710. The van der Waals surface area contributed by atoms with Crippen LogP contribution in [0.1, 0.15) is 12.8 Å². The van der Waals surface area contributed by atoms with E-state index in [0.29, 0.717) is 0 Å². The molecule has 0 aromatic heterocycles. The zero-order chi connectivity index (χ0) is 11.1. The third-order valence-corrected chi connectivity index (χ3v) is 2.41. The third-order valence-electron chi connectivity index (χ3n) is 2.11. The molecule has 1 aliphatic heterocycles. The van der Waals surface area contributed by atoms with E-state index in [4.69, 9.17) is 5.11 Å². The van der Waals surface area contributed by atoms with Crippen LogP contribution in [-0.2, 0) is 4.79 Å². The van der Waals surface area contributed by atoms with Crippen molar-refractivity contribution >= 4 is 31.0 Å². The lowest BCUT2D eigenvalue weighted by Crippen LogP contribution is -2.29. The molecule has 1 saturated heterocycles. The number of benzene rings is 1. The van der Waals surface area contributed by atoms with Gasteiger partial charge in [-0.05, 0) is 31.5 Å². The average molecular weight is 262 g/mol. The van der Waals surface area contributed by atoms with Gasteiger partial charge >= 0.3 is 5.97 Å². The summed E-state index contributed by atoms with van der Waals surface area (Å²) >= 11 is 4.08. The Balaban J connectivity index is 0.000000267. The zero-order valence-corrected chi connectivity index (χ0v) is 10.5. The summed E-state index contributed by atoms with van der Waals surface area (Å²) in [5, 5.41) is 11.2. The number of carboxylic acids is 1. The van der Waals surface area contributed by atoms with Gasteiger partial charge in [0.15, 0.2) is 0 Å². The summed E-state index contributed by atoms with van der Waals surface area (Å²) in [6, 6.07) is 9.52. The predicted octanol–water partition coefficient (Wildman–Crippen LogP) is 2.22. The molecule has 0 saturated carbocycles. The average Bonchev–Trinajstić information content (AvgIpc) is 2.72. The van der Waals surface area contributed by atoms with Gasteiger partial charge < -0.3 is 10.4 Å². The van der Waals surface area contributed by atoms with Gasteiger partial charge in [-0.15, -0.1) is 25.0 Å². The number of aliphatic carboxylic acids is 1. The van der Waals surface area contributed by atoms with Crippen LogP contribution in [0.2, 0.25) is 0 Å². The lowest BCUT2D eigenvalue weighted by molar-refractivity contribution is -0.139. The molecule has 2 N–H and O–H groups in total. The molecular weight excluding hydrogens is 246 g/mol. The predicted molar refractivity (Wildman–Crippen MR) is 69.6 cm³/mol. The SMILES string of the molecule is Cl.O=C(O)[C@@H]1CCCN1.Sc1ccccc1. The number of carbonyl (C=O) groups is 1. The monoisotopic (exact) mass is 261 g/mol. The summed E-state index contributed by atoms with van der Waals surface area (Å²) in [5.74, 6) is -0.720. The maximum Gasteiger partial charge on any atom is 0.320 e. The highest BCUT2D eigenvalue weighted by Gasteiger charge is 2.20. The Kier molecular flexibility index (Phi) is 8.07. The Labute approximate surface area is 107 Å². The van der Waals surface area contributed by atoms with E-state index in [1.807, 2.05) is 30.3 Å². The van der Waals surface area contributed by atoms with Gasteiger partial charge in [-0.2, -0.15) is 0 Å². The van der Waals surface area contributed by atoms with Crippen molar-refractivity contribution in [3.63, 3.8) is 0 Å². The Morgan fingerprint density at radius 3 is 2.25 bits per heavy atom. The fraction of sp³-hybridized carbons (Fsp3) is 0.364. The van der Waals surface area contributed by atoms with Gasteiger partial charge in [0, 0.05) is 4.90 Å². The molecule has 5 heteroatoms. The lowest BCUT2D eigenvalue weighted by atomic mass is 10.2. The number of nitrogens with one attached hydrogen (secondary N) is 1. The van der Waals surface area contributed by atoms with E-state index in [0.717, 1.165) is 24.3 Å². The maximum atomic E-state index is 10.1. The molecule has 1 aliphatic rings. The summed E-state index contributed by atoms with van der Waals surface area (Å²) < 4.78 is 0. The molecule has 1 heterocycles. The van der Waals surface area contributed by atoms with Crippen LogP contribution in [0.15, 0.2) is 35.2 Å². The molecule has 0 bridgehead atoms. The molecule has 1 aromatic rings. The second-order valence-corrected chi connectivity index (χ2v) is 3.84. The van der Waals surface area contributed by atoms with Gasteiger partial charge in [-0.3, -0.25) is 4.79 Å². The first-order valence-electron chi connectivity index (χ1n) is 4.90. The Morgan fingerprint density at radius 2 is 2.00 bits per heavy atom. The van der Waals surface area contributed by atoms with E-state index in [1.54, 1.807) is 0 Å². The Bertz CT molecular complexity index is 302. The Morgan fingerprint density at radius 1 is 1.38 bits per heavy atom. The molecule has 0 amide bonds. The van der Waals surface area contributed by atoms with Gasteiger partial charge in [0.25, 0.3) is 0 Å². The van der Waals surface area contributed by atoms with Crippen LogP contribution in [0.3, 0.4) is 0 Å². The van der Waals surface area contributed by atoms with E-state index in [2.05, 4.69) is 17.9 Å². The van der Waals surface area contributed by atoms with Gasteiger partial charge in [-0.1, -0.05) is 18.2 Å². The van der Waals surface area contributed by atoms with Crippen molar-refractivity contribution in [2.24, 2.45) is 0 Å². The fourth-order valence-corrected chi connectivity index (χ4v) is 1.50. The van der Waals surface area contributed by atoms with Crippen molar-refractivity contribution in [3.8, 4) is 0 Å². The minimum absolute atomic E-state index is 0. The van der Waals surface area contributed by atoms with E-state index in [1.165, 1.54) is 0 Å². The molecule has 1 atom stereocenters. The zero-order valence-electron chi connectivity index (χ0n) is 8.80. The summed E-state index contributed by atoms with van der Waals surface area (Å²) in [6.45, 7) is 0.858. The number of carboxylic acid groups (broad SMARTS) is 1. The number of hydrogen-bond acceptors (Lipinski definition) is 3. The number of thiol groups is 1. The molecule has 16 heavy (non-hydrogen) atoms. The van der Waals surface area contributed by atoms with Crippen LogP contribution >= 0.6 is 25.0 Å². The maximum absolute atomic E-state index is 10.1. The molecule has 0 spiro atoms. The highest BCUT2D eigenvalue weighted by atomic mass is 35.5. The third kappa shape index (κ3) is 6.00. The van der Waals surface area contributed by atoms with Crippen molar-refractivity contribution in [2.45, 2.75) is 23.8 Å². The van der Waals surface area contributed by atoms with Crippen molar-refractivity contribution in [2.75, 3.05) is 6.54 Å². The van der Waals surface area contributed by atoms with Gasteiger partial charge in [0.2, 0.25) is 0 Å². The molecule has 0 aliphatic carbocycles. The summed E-state index contributed by atoms with van der Waals surface area (Å²) in [7, 11) is 0. The van der Waals surface area contributed by atoms with E-state index in [9.17, 15) is 4.79 Å². The smallest absolute Gasteiger partial charge is 0.320 e. The normalized spacial score (nSPS) is 17.9. The van der Waals surface area contributed by atoms with E-state index < -0.39 is 5.97 Å². The van der Waals surface area contributed by atoms with E-state index in [-0.39, 0.29) is 18.4 Å². The molecule has 3 nitrogen and oxygen atoms in total. The molecule has 0 radical (unpaired) electrons. The van der Waals surface area contributed by atoms with Crippen LogP contribution in [0.5, 0.6) is 0 Å². The number of hydrogen-bond donors (Lipinski definition) is 3. The van der Waals surface area contributed by atoms with Crippen LogP contribution in [0, 0.1) is 0 Å². The summed E-state index contributed by atoms with van der Waals surface area (Å²) in [5.41, 5.74) is 0. The highest BCUT2D eigenvalue weighted by Crippen LogP contribution is 2.03. The molecule has 90 valence electrons. The van der Waals surface area contributed by atoms with E-state index >= 15 is 0 Å². The number of rotatable bonds is 1. The summed E-state index contributed by atoms with van der Waals surface area (Å²) in [6.07, 6.45) is 1.78. The van der Waals surface area contributed by atoms with Gasteiger partial charge in [0.1, 0.15) is 6.04 Å². The van der Waals surface area contributed by atoms with Gasteiger partial charge in [0.05, 0.1) is 0 Å². The van der Waals surface area contributed by atoms with Crippen molar-refractivity contribution < 1.29 is 9.90 Å². The largest absolute Gasteiger partial charge is 0.480 e. The van der Waals surface area contributed by atoms with Crippen LogP contribution in [0.25, 0.3) is 0 Å². The fourth-order valence-electron chi connectivity index (χ4n) is 1.32. The second-order valence-electron chi connectivity index (χ2n) is 3.32. The minimum atomic E-state index is -0.720. The number of halogens is 1. The van der Waals surface area contributed by atoms with Crippen molar-refractivity contribution in [3.05, 3.63) is 30.3 Å². The topological polar surface area (TPSA) is 49.3 Å². The molecule has 1 aromatic carbocycles. The van der Waals surface area contributed by atoms with Crippen molar-refractivity contribution in [1.82, 2.24) is 5.32 Å². The molecular formula is C11H16ClNO2S. The minimum Gasteiger partial charge on any atom is -0.480 e. The first kappa shape index (κ1) is 15.3. The van der Waals surface area contributed by atoms with Crippen LogP contribution < -0.4 is 5.32 Å². The lowest BCUT2D eigenvalue weighted by Gasteiger charge is -1.99. The summed E-state index contributed by atoms with van der Waals surface area (Å²) in [4.78, 5) is 11.2. The van der Waals surface area contributed by atoms with Crippen LogP contribution in [0.4, 0.5) is 0 Å². The molecule has 2 rings (SSSR count). The second kappa shape index (κ2) is 8.44. The van der Waals surface area contributed by atoms with Crippen molar-refractivity contribution in [1.29, 1.82) is 0 Å². The van der Waals surface area contributed by atoms with Gasteiger partial charge in [-0.25, -0.2) is 0 Å². The highest BCUT2D eigenvalue weighted by molar-refractivity contribution is 7.80. The quantitative estimate of drug-likeness (QED) is 0.680. The van der Waals surface area contributed by atoms with Crippen LogP contribution in [-0.4, -0.2) is 23.7 Å². The molecule has 0 unspecified atom stereocenters.